The van der Waals surface area contributed by atoms with Crippen LogP contribution < -0.4 is 4.90 Å². The van der Waals surface area contributed by atoms with Crippen molar-refractivity contribution in [3.63, 3.8) is 0 Å². The monoisotopic (exact) mass is 431 g/mol. The van der Waals surface area contributed by atoms with Gasteiger partial charge in [0, 0.05) is 23.0 Å². The van der Waals surface area contributed by atoms with Crippen LogP contribution in [0.25, 0.3) is 10.9 Å². The van der Waals surface area contributed by atoms with Gasteiger partial charge in [-0.15, -0.1) is 0 Å². The molecule has 2 aromatic carbocycles. The van der Waals surface area contributed by atoms with Gasteiger partial charge >= 0.3 is 11.5 Å². The maximum absolute atomic E-state index is 13.0. The number of thioether (sulfide) groups is 1. The quantitative estimate of drug-likeness (QED) is 0.421. The Morgan fingerprint density at radius 2 is 1.73 bits per heavy atom. The van der Waals surface area contributed by atoms with Crippen LogP contribution in [0.2, 0.25) is 0 Å². The fraction of sp³-hybridized carbons (Fsp3) is 0.190. The van der Waals surface area contributed by atoms with E-state index in [-0.39, 0.29) is 28.9 Å². The number of fused-ring (bicyclic) bond motifs is 1. The van der Waals surface area contributed by atoms with Gasteiger partial charge in [0.15, 0.2) is 0 Å². The Morgan fingerprint density at radius 1 is 1.03 bits per heavy atom. The first-order chi connectivity index (χ1) is 14.2. The van der Waals surface area contributed by atoms with Crippen molar-refractivity contribution in [3.8, 4) is 0 Å². The van der Waals surface area contributed by atoms with Crippen molar-refractivity contribution in [1.82, 2.24) is 9.88 Å². The van der Waals surface area contributed by atoms with Crippen LogP contribution in [0.4, 0.5) is 23.7 Å². The number of hydrogen-bond donors (Lipinski definition) is 0. The summed E-state index contributed by atoms with van der Waals surface area (Å²) in [5, 5.41) is 0.888. The molecule has 4 rings (SSSR count). The number of benzene rings is 2. The summed E-state index contributed by atoms with van der Waals surface area (Å²) in [6.07, 6.45) is 1.65. The van der Waals surface area contributed by atoms with Crippen LogP contribution in [0, 0.1) is 0 Å². The number of amides is 3. The summed E-state index contributed by atoms with van der Waals surface area (Å²) in [7, 11) is 0. The van der Waals surface area contributed by atoms with Gasteiger partial charge in [-0.05, 0) is 60.6 Å². The van der Waals surface area contributed by atoms with Crippen LogP contribution in [0.5, 0.6) is 0 Å². The summed E-state index contributed by atoms with van der Waals surface area (Å²) >= 11 is -0.247. The van der Waals surface area contributed by atoms with Gasteiger partial charge in [-0.2, -0.15) is 13.2 Å². The third-order valence-electron chi connectivity index (χ3n) is 4.89. The first-order valence-electron chi connectivity index (χ1n) is 9.07. The first kappa shape index (κ1) is 20.2. The molecule has 0 radical (unpaired) electrons. The number of halogens is 3. The topological polar surface area (TPSA) is 53.5 Å². The Morgan fingerprint density at radius 3 is 2.43 bits per heavy atom. The number of hydrogen-bond acceptors (Lipinski definition) is 4. The van der Waals surface area contributed by atoms with E-state index in [0.29, 0.717) is 0 Å². The molecule has 1 saturated heterocycles. The van der Waals surface area contributed by atoms with E-state index >= 15 is 0 Å². The maximum Gasteiger partial charge on any atom is 0.446 e. The number of anilines is 1. The summed E-state index contributed by atoms with van der Waals surface area (Å²) < 4.78 is 37.6. The highest BCUT2D eigenvalue weighted by molar-refractivity contribution is 8.00. The maximum atomic E-state index is 13.0. The third kappa shape index (κ3) is 3.85. The lowest BCUT2D eigenvalue weighted by Gasteiger charge is -2.20. The molecule has 30 heavy (non-hydrogen) atoms. The van der Waals surface area contributed by atoms with E-state index < -0.39 is 23.5 Å². The van der Waals surface area contributed by atoms with Crippen molar-refractivity contribution in [2.45, 2.75) is 29.9 Å². The zero-order valence-electron chi connectivity index (χ0n) is 15.8. The number of alkyl halides is 3. The van der Waals surface area contributed by atoms with Crippen molar-refractivity contribution < 1.29 is 22.8 Å². The average Bonchev–Trinajstić information content (AvgIpc) is 2.91. The second-order valence-electron chi connectivity index (χ2n) is 6.79. The van der Waals surface area contributed by atoms with Gasteiger partial charge in [0.1, 0.15) is 6.04 Å². The summed E-state index contributed by atoms with van der Waals surface area (Å²) in [4.78, 5) is 32.5. The minimum atomic E-state index is -4.40. The van der Waals surface area contributed by atoms with E-state index in [0.717, 1.165) is 21.4 Å². The molecule has 0 unspecified atom stereocenters. The molecule has 2 heterocycles. The largest absolute Gasteiger partial charge is 0.446 e. The molecule has 1 aliphatic heterocycles. The lowest BCUT2D eigenvalue weighted by Crippen LogP contribution is -2.33. The van der Waals surface area contributed by atoms with Gasteiger partial charge in [0.05, 0.1) is 11.2 Å². The molecule has 3 amide bonds. The summed E-state index contributed by atoms with van der Waals surface area (Å²) in [5.74, 6) is -0.422. The third-order valence-corrected chi connectivity index (χ3v) is 5.63. The fourth-order valence-corrected chi connectivity index (χ4v) is 3.96. The highest BCUT2D eigenvalue weighted by atomic mass is 32.2. The standard InChI is InChI=1S/C21H16F3N3O2S/c1-13-19(28)27(15-6-8-16(9-7-15)30-21(22,23)24)20(29)26(13)12-14-10-11-25-18-5-3-2-4-17(14)18/h2-11,13H,12H2,1H3/t13-/m0/s1. The second kappa shape index (κ2) is 7.64. The van der Waals surface area contributed by atoms with E-state index in [1.807, 2.05) is 24.3 Å². The molecule has 3 aromatic rings. The lowest BCUT2D eigenvalue weighted by molar-refractivity contribution is -0.119. The molecule has 5 nitrogen and oxygen atoms in total. The molecule has 0 bridgehead atoms. The van der Waals surface area contributed by atoms with Gasteiger partial charge in [0.25, 0.3) is 5.91 Å². The Balaban J connectivity index is 1.59. The Kier molecular flexibility index (Phi) is 5.15. The van der Waals surface area contributed by atoms with Gasteiger partial charge in [0.2, 0.25) is 0 Å². The lowest BCUT2D eigenvalue weighted by atomic mass is 10.1. The van der Waals surface area contributed by atoms with E-state index in [1.54, 1.807) is 19.2 Å². The number of pyridine rings is 1. The van der Waals surface area contributed by atoms with Crippen molar-refractivity contribution >= 4 is 40.3 Å². The molecular weight excluding hydrogens is 415 g/mol. The number of carbonyl (C=O) groups excluding carboxylic acids is 2. The SMILES string of the molecule is C[C@H]1C(=O)N(c2ccc(SC(F)(F)F)cc2)C(=O)N1Cc1ccnc2ccccc12. The van der Waals surface area contributed by atoms with Crippen LogP contribution in [0.15, 0.2) is 65.7 Å². The molecule has 1 aliphatic rings. The number of nitrogens with zero attached hydrogens (tertiary/aromatic N) is 3. The molecule has 0 aliphatic carbocycles. The zero-order valence-corrected chi connectivity index (χ0v) is 16.6. The van der Waals surface area contributed by atoms with Crippen LogP contribution in [0.3, 0.4) is 0 Å². The van der Waals surface area contributed by atoms with E-state index in [4.69, 9.17) is 0 Å². The van der Waals surface area contributed by atoms with Crippen LogP contribution in [0.1, 0.15) is 12.5 Å². The summed E-state index contributed by atoms with van der Waals surface area (Å²) in [5.41, 5.74) is -2.52. The molecule has 1 fully saturated rings. The number of carbonyl (C=O) groups is 2. The van der Waals surface area contributed by atoms with Crippen LogP contribution in [-0.4, -0.2) is 33.4 Å². The second-order valence-corrected chi connectivity index (χ2v) is 7.93. The molecule has 0 saturated carbocycles. The van der Waals surface area contributed by atoms with Crippen molar-refractivity contribution in [1.29, 1.82) is 0 Å². The number of urea groups is 1. The highest BCUT2D eigenvalue weighted by Gasteiger charge is 2.43. The minimum absolute atomic E-state index is 0.0153. The Labute approximate surface area is 174 Å². The molecule has 9 heteroatoms. The van der Waals surface area contributed by atoms with Gasteiger partial charge in [-0.25, -0.2) is 9.69 Å². The van der Waals surface area contributed by atoms with Crippen LogP contribution >= 0.6 is 11.8 Å². The van der Waals surface area contributed by atoms with Crippen LogP contribution in [-0.2, 0) is 11.3 Å². The summed E-state index contributed by atoms with van der Waals surface area (Å²) in [6.45, 7) is 1.85. The zero-order chi connectivity index (χ0) is 21.5. The molecular formula is C21H16F3N3O2S. The highest BCUT2D eigenvalue weighted by Crippen LogP contribution is 2.38. The van der Waals surface area contributed by atoms with E-state index in [9.17, 15) is 22.8 Å². The normalized spacial score (nSPS) is 17.3. The predicted molar refractivity (Wildman–Crippen MR) is 108 cm³/mol. The number of para-hydroxylation sites is 1. The molecule has 0 spiro atoms. The van der Waals surface area contributed by atoms with E-state index in [1.165, 1.54) is 29.2 Å². The average molecular weight is 431 g/mol. The predicted octanol–water partition coefficient (Wildman–Crippen LogP) is 5.20. The van der Waals surface area contributed by atoms with Gasteiger partial charge in [-0.3, -0.25) is 9.78 Å². The Hall–Kier alpha value is -3.07. The molecule has 0 N–H and O–H groups in total. The molecule has 154 valence electrons. The van der Waals surface area contributed by atoms with Gasteiger partial charge in [-0.1, -0.05) is 18.2 Å². The van der Waals surface area contributed by atoms with Crippen molar-refractivity contribution in [3.05, 3.63) is 66.4 Å². The van der Waals surface area contributed by atoms with Crippen molar-refractivity contribution in [2.75, 3.05) is 4.90 Å². The fourth-order valence-electron chi connectivity index (χ4n) is 3.42. The Bertz CT molecular complexity index is 1110. The molecule has 1 aromatic heterocycles. The first-order valence-corrected chi connectivity index (χ1v) is 9.89. The number of rotatable bonds is 4. The van der Waals surface area contributed by atoms with Gasteiger partial charge < -0.3 is 4.90 Å². The van der Waals surface area contributed by atoms with E-state index in [2.05, 4.69) is 4.98 Å². The summed E-state index contributed by atoms with van der Waals surface area (Å²) in [6, 6.07) is 13.3. The van der Waals surface area contributed by atoms with Crippen molar-refractivity contribution in [2.24, 2.45) is 0 Å². The molecule has 1 atom stereocenters. The minimum Gasteiger partial charge on any atom is -0.308 e. The smallest absolute Gasteiger partial charge is 0.308 e. The number of imide groups is 1. The number of aromatic nitrogens is 1.